The van der Waals surface area contributed by atoms with E-state index in [2.05, 4.69) is 19.9 Å². The molecule has 5 aromatic rings. The normalized spacial score (nSPS) is 11.5. The first-order chi connectivity index (χ1) is 13.1. The maximum absolute atomic E-state index is 13.5. The lowest BCUT2D eigenvalue weighted by molar-refractivity contribution is 0.584. The van der Waals surface area contributed by atoms with Gasteiger partial charge in [0.25, 0.3) is 0 Å². The van der Waals surface area contributed by atoms with Crippen LogP contribution in [-0.2, 0) is 0 Å². The molecule has 0 bridgehead atoms. The molecule has 3 aromatic heterocycles. The molecule has 27 heavy (non-hydrogen) atoms. The van der Waals surface area contributed by atoms with E-state index in [1.54, 1.807) is 6.07 Å². The van der Waals surface area contributed by atoms with Crippen molar-refractivity contribution in [3.8, 4) is 16.9 Å². The Hall–Kier alpha value is -3.81. The van der Waals surface area contributed by atoms with Gasteiger partial charge < -0.3 is 4.98 Å². The summed E-state index contributed by atoms with van der Waals surface area (Å²) in [5, 5.41) is 0.935. The Balaban J connectivity index is 1.75. The second-order valence-corrected chi connectivity index (χ2v) is 6.10. The van der Waals surface area contributed by atoms with Crippen LogP contribution < -0.4 is 5.69 Å². The SMILES string of the molecule is O=c1[nH]c2ncc(-c3cc(F)cc(F)c3)nc2n1-c1ccc2[nH]ccc2c1. The second kappa shape index (κ2) is 5.60. The van der Waals surface area contributed by atoms with Gasteiger partial charge in [0.15, 0.2) is 11.3 Å². The summed E-state index contributed by atoms with van der Waals surface area (Å²) >= 11 is 0. The van der Waals surface area contributed by atoms with Gasteiger partial charge in [0, 0.05) is 28.7 Å². The van der Waals surface area contributed by atoms with Crippen LogP contribution in [0.3, 0.4) is 0 Å². The summed E-state index contributed by atoms with van der Waals surface area (Å²) in [6, 6.07) is 10.5. The molecule has 8 heteroatoms. The van der Waals surface area contributed by atoms with E-state index in [0.29, 0.717) is 5.69 Å². The van der Waals surface area contributed by atoms with Crippen LogP contribution in [0.15, 0.2) is 59.7 Å². The average molecular weight is 363 g/mol. The number of aromatic nitrogens is 5. The van der Waals surface area contributed by atoms with Crippen molar-refractivity contribution in [2.45, 2.75) is 0 Å². The van der Waals surface area contributed by atoms with Gasteiger partial charge in [-0.3, -0.25) is 4.98 Å². The fourth-order valence-electron chi connectivity index (χ4n) is 3.14. The zero-order chi connectivity index (χ0) is 18.5. The first-order valence-corrected chi connectivity index (χ1v) is 8.10. The highest BCUT2D eigenvalue weighted by molar-refractivity contribution is 5.82. The highest BCUT2D eigenvalue weighted by atomic mass is 19.1. The Morgan fingerprint density at radius 1 is 1.00 bits per heavy atom. The zero-order valence-corrected chi connectivity index (χ0v) is 13.7. The molecule has 0 spiro atoms. The molecule has 0 atom stereocenters. The van der Waals surface area contributed by atoms with E-state index in [1.165, 1.54) is 22.9 Å². The molecular weight excluding hydrogens is 352 g/mol. The van der Waals surface area contributed by atoms with Crippen molar-refractivity contribution in [3.63, 3.8) is 0 Å². The highest BCUT2D eigenvalue weighted by Crippen LogP contribution is 2.23. The molecule has 6 nitrogen and oxygen atoms in total. The number of aromatic amines is 2. The summed E-state index contributed by atoms with van der Waals surface area (Å²) in [5.41, 5.74) is 2.21. The van der Waals surface area contributed by atoms with E-state index < -0.39 is 17.3 Å². The predicted molar refractivity (Wildman–Crippen MR) is 96.7 cm³/mol. The maximum Gasteiger partial charge on any atom is 0.333 e. The van der Waals surface area contributed by atoms with Crippen molar-refractivity contribution in [1.29, 1.82) is 0 Å². The van der Waals surface area contributed by atoms with E-state index in [1.807, 2.05) is 24.4 Å². The van der Waals surface area contributed by atoms with E-state index in [0.717, 1.165) is 17.0 Å². The van der Waals surface area contributed by atoms with Crippen LogP contribution in [0.4, 0.5) is 8.78 Å². The monoisotopic (exact) mass is 363 g/mol. The number of nitrogens with one attached hydrogen (secondary N) is 2. The third-order valence-electron chi connectivity index (χ3n) is 4.35. The third-order valence-corrected chi connectivity index (χ3v) is 4.35. The molecule has 5 rings (SSSR count). The van der Waals surface area contributed by atoms with Gasteiger partial charge in [-0.05, 0) is 36.4 Å². The standard InChI is InChI=1S/C19H11F2N5O/c20-12-5-11(6-13(21)8-12)16-9-23-17-18(24-16)26(19(27)25-17)14-1-2-15-10(7-14)3-4-22-15/h1-9,22H,(H,23,25,27). The number of fused-ring (bicyclic) bond motifs is 2. The van der Waals surface area contributed by atoms with Crippen LogP contribution in [0.2, 0.25) is 0 Å². The molecule has 0 aliphatic rings. The van der Waals surface area contributed by atoms with Gasteiger partial charge in [0.1, 0.15) is 11.6 Å². The van der Waals surface area contributed by atoms with Crippen LogP contribution in [0.25, 0.3) is 39.1 Å². The first-order valence-electron chi connectivity index (χ1n) is 8.10. The number of hydrogen-bond acceptors (Lipinski definition) is 3. The molecule has 0 amide bonds. The molecule has 0 radical (unpaired) electrons. The Bertz CT molecular complexity index is 1360. The summed E-state index contributed by atoms with van der Waals surface area (Å²) in [4.78, 5) is 26.8. The van der Waals surface area contributed by atoms with Crippen LogP contribution in [0, 0.1) is 11.6 Å². The minimum atomic E-state index is -0.712. The fraction of sp³-hybridized carbons (Fsp3) is 0. The molecule has 0 saturated heterocycles. The first kappa shape index (κ1) is 15.4. The number of nitrogens with zero attached hydrogens (tertiary/aromatic N) is 3. The molecule has 2 N–H and O–H groups in total. The Morgan fingerprint density at radius 2 is 1.81 bits per heavy atom. The summed E-state index contributed by atoms with van der Waals surface area (Å²) in [6.07, 6.45) is 3.18. The van der Waals surface area contributed by atoms with Crippen molar-refractivity contribution in [2.24, 2.45) is 0 Å². The maximum atomic E-state index is 13.5. The van der Waals surface area contributed by atoms with Crippen molar-refractivity contribution in [2.75, 3.05) is 0 Å². The number of imidazole rings is 1. The van der Waals surface area contributed by atoms with E-state index >= 15 is 0 Å². The van der Waals surface area contributed by atoms with Gasteiger partial charge in [-0.15, -0.1) is 0 Å². The molecule has 132 valence electrons. The van der Waals surface area contributed by atoms with Crippen molar-refractivity contribution < 1.29 is 8.78 Å². The molecule has 0 unspecified atom stereocenters. The lowest BCUT2D eigenvalue weighted by atomic mass is 10.1. The van der Waals surface area contributed by atoms with E-state index in [9.17, 15) is 13.6 Å². The highest BCUT2D eigenvalue weighted by Gasteiger charge is 2.14. The molecule has 3 heterocycles. The summed E-state index contributed by atoms with van der Waals surface area (Å²) in [6.45, 7) is 0. The van der Waals surface area contributed by atoms with Gasteiger partial charge in [0.2, 0.25) is 0 Å². The largest absolute Gasteiger partial charge is 0.361 e. The fourth-order valence-corrected chi connectivity index (χ4v) is 3.14. The molecule has 0 aliphatic heterocycles. The lowest BCUT2D eigenvalue weighted by Crippen LogP contribution is -2.14. The van der Waals surface area contributed by atoms with E-state index in [4.69, 9.17) is 0 Å². The smallest absolute Gasteiger partial charge is 0.333 e. The van der Waals surface area contributed by atoms with Crippen molar-refractivity contribution in [3.05, 3.63) is 77.0 Å². The van der Waals surface area contributed by atoms with Gasteiger partial charge in [-0.1, -0.05) is 0 Å². The van der Waals surface area contributed by atoms with Crippen LogP contribution in [0.5, 0.6) is 0 Å². The molecule has 0 fully saturated rings. The number of benzene rings is 2. The van der Waals surface area contributed by atoms with Crippen molar-refractivity contribution in [1.82, 2.24) is 24.5 Å². The Labute approximate surface area is 150 Å². The van der Waals surface area contributed by atoms with Gasteiger partial charge in [-0.25, -0.2) is 28.1 Å². The lowest BCUT2D eigenvalue weighted by Gasteiger charge is -2.05. The zero-order valence-electron chi connectivity index (χ0n) is 13.7. The van der Waals surface area contributed by atoms with E-state index in [-0.39, 0.29) is 22.6 Å². The minimum absolute atomic E-state index is 0.239. The topological polar surface area (TPSA) is 79.4 Å². The summed E-state index contributed by atoms with van der Waals surface area (Å²) in [7, 11) is 0. The molecule has 0 aliphatic carbocycles. The second-order valence-electron chi connectivity index (χ2n) is 6.10. The van der Waals surface area contributed by atoms with Gasteiger partial charge >= 0.3 is 5.69 Å². The molecular formula is C19H11F2N5O. The minimum Gasteiger partial charge on any atom is -0.361 e. The third kappa shape index (κ3) is 2.50. The quantitative estimate of drug-likeness (QED) is 0.504. The molecule has 2 aromatic carbocycles. The number of rotatable bonds is 2. The van der Waals surface area contributed by atoms with Crippen LogP contribution >= 0.6 is 0 Å². The predicted octanol–water partition coefficient (Wildman–Crippen LogP) is 3.54. The van der Waals surface area contributed by atoms with Crippen molar-refractivity contribution >= 4 is 22.2 Å². The average Bonchev–Trinajstić information content (AvgIpc) is 3.22. The number of halogens is 2. The number of hydrogen-bond donors (Lipinski definition) is 2. The van der Waals surface area contributed by atoms with Crippen LogP contribution in [-0.4, -0.2) is 24.5 Å². The summed E-state index contributed by atoms with van der Waals surface area (Å²) < 4.78 is 28.5. The Morgan fingerprint density at radius 3 is 2.63 bits per heavy atom. The van der Waals surface area contributed by atoms with Crippen LogP contribution in [0.1, 0.15) is 0 Å². The number of H-pyrrole nitrogens is 2. The molecule has 0 saturated carbocycles. The van der Waals surface area contributed by atoms with Gasteiger partial charge in [0.05, 0.1) is 17.6 Å². The Kier molecular flexibility index (Phi) is 3.20. The summed E-state index contributed by atoms with van der Waals surface area (Å²) in [5.74, 6) is -1.42. The van der Waals surface area contributed by atoms with Gasteiger partial charge in [-0.2, -0.15) is 0 Å².